The van der Waals surface area contributed by atoms with E-state index in [1.807, 2.05) is 42.7 Å². The maximum absolute atomic E-state index is 13.2. The standard InChI is InChI=1S/C16H19NO.C15H16ClN.C15H16FN/c1-10(2)14-9-17-15-8-12(18-3)6-7-13(15)16(14)11-4-5-11;2*1-9(2)13-8-17-14-7-11(16)5-6-12(14)15(13)10-3-4-10/h6-11H,4-5H2,1-3H3;2*5-10H,3-4H2,1-2H3. The molecule has 0 radical (unpaired) electrons. The van der Waals surface area contributed by atoms with Crippen molar-refractivity contribution in [2.75, 3.05) is 7.11 Å². The summed E-state index contributed by atoms with van der Waals surface area (Å²) in [5.41, 5.74) is 11.5. The van der Waals surface area contributed by atoms with Crippen LogP contribution in [0.2, 0.25) is 5.02 Å². The van der Waals surface area contributed by atoms with Gasteiger partial charge < -0.3 is 4.74 Å². The highest BCUT2D eigenvalue weighted by Gasteiger charge is 2.31. The Morgan fingerprint density at radius 3 is 1.35 bits per heavy atom. The Kier molecular flexibility index (Phi) is 10.5. The molecule has 270 valence electrons. The van der Waals surface area contributed by atoms with Gasteiger partial charge in [-0.05, 0) is 144 Å². The molecule has 0 aliphatic heterocycles. The van der Waals surface area contributed by atoms with Crippen LogP contribution in [0.15, 0.2) is 73.2 Å². The van der Waals surface area contributed by atoms with Crippen molar-refractivity contribution >= 4 is 44.3 Å². The monoisotopic (exact) mass is 715 g/mol. The van der Waals surface area contributed by atoms with Gasteiger partial charge in [0.1, 0.15) is 11.6 Å². The number of benzene rings is 3. The molecule has 0 amide bonds. The molecule has 9 rings (SSSR count). The number of fused-ring (bicyclic) bond motifs is 3. The molecule has 0 N–H and O–H groups in total. The van der Waals surface area contributed by atoms with Crippen molar-refractivity contribution in [1.29, 1.82) is 0 Å². The third-order valence-corrected chi connectivity index (χ3v) is 11.0. The van der Waals surface area contributed by atoms with Gasteiger partial charge in [0.15, 0.2) is 0 Å². The summed E-state index contributed by atoms with van der Waals surface area (Å²) < 4.78 is 18.5. The average Bonchev–Trinajstić information content (AvgIpc) is 3.96. The van der Waals surface area contributed by atoms with E-state index in [4.69, 9.17) is 16.3 Å². The summed E-state index contributed by atoms with van der Waals surface area (Å²) in [6, 6.07) is 17.3. The maximum Gasteiger partial charge on any atom is 0.125 e. The molecule has 3 saturated carbocycles. The van der Waals surface area contributed by atoms with Crippen LogP contribution in [0.1, 0.15) is 149 Å². The van der Waals surface area contributed by atoms with E-state index in [0.29, 0.717) is 23.7 Å². The fraction of sp³-hybridized carbons (Fsp3) is 0.413. The van der Waals surface area contributed by atoms with Crippen LogP contribution < -0.4 is 4.74 Å². The van der Waals surface area contributed by atoms with Crippen LogP contribution in [-0.4, -0.2) is 22.1 Å². The Balaban J connectivity index is 0.000000121. The first-order valence-corrected chi connectivity index (χ1v) is 19.5. The zero-order valence-electron chi connectivity index (χ0n) is 31.6. The first-order valence-electron chi connectivity index (χ1n) is 19.2. The van der Waals surface area contributed by atoms with E-state index in [2.05, 4.69) is 74.8 Å². The molecule has 3 aromatic carbocycles. The quantitative estimate of drug-likeness (QED) is 0.165. The Morgan fingerprint density at radius 1 is 0.558 bits per heavy atom. The van der Waals surface area contributed by atoms with Crippen LogP contribution in [-0.2, 0) is 0 Å². The van der Waals surface area contributed by atoms with Gasteiger partial charge in [0, 0.05) is 51.9 Å². The van der Waals surface area contributed by atoms with E-state index in [1.165, 1.54) is 88.7 Å². The molecule has 0 bridgehead atoms. The highest BCUT2D eigenvalue weighted by Crippen LogP contribution is 2.48. The molecule has 3 aliphatic rings. The summed E-state index contributed by atoms with van der Waals surface area (Å²) in [4.78, 5) is 13.5. The lowest BCUT2D eigenvalue weighted by molar-refractivity contribution is 0.415. The molecule has 0 atom stereocenters. The topological polar surface area (TPSA) is 47.9 Å². The summed E-state index contributed by atoms with van der Waals surface area (Å²) in [5, 5.41) is 4.51. The largest absolute Gasteiger partial charge is 0.497 e. The third kappa shape index (κ3) is 7.81. The van der Waals surface area contributed by atoms with E-state index in [0.717, 1.165) is 44.5 Å². The van der Waals surface area contributed by atoms with Gasteiger partial charge in [0.25, 0.3) is 0 Å². The SMILES string of the molecule is CC(C)c1cnc2cc(Cl)ccc2c1C1CC1.CC(C)c1cnc2cc(F)ccc2c1C1CC1.COc1ccc2c(C3CC3)c(C(C)C)cnc2c1. The van der Waals surface area contributed by atoms with Gasteiger partial charge in [0.2, 0.25) is 0 Å². The highest BCUT2D eigenvalue weighted by atomic mass is 35.5. The Bertz CT molecular complexity index is 2130. The van der Waals surface area contributed by atoms with Crippen LogP contribution in [0.4, 0.5) is 4.39 Å². The Labute approximate surface area is 313 Å². The van der Waals surface area contributed by atoms with Gasteiger partial charge in [-0.15, -0.1) is 0 Å². The van der Waals surface area contributed by atoms with Crippen molar-refractivity contribution in [1.82, 2.24) is 15.0 Å². The van der Waals surface area contributed by atoms with Gasteiger partial charge in [-0.25, -0.2) is 4.39 Å². The number of hydrogen-bond donors (Lipinski definition) is 0. The summed E-state index contributed by atoms with van der Waals surface area (Å²) >= 11 is 6.03. The van der Waals surface area contributed by atoms with Gasteiger partial charge in [-0.1, -0.05) is 59.2 Å². The van der Waals surface area contributed by atoms with E-state index >= 15 is 0 Å². The van der Waals surface area contributed by atoms with E-state index < -0.39 is 0 Å². The second-order valence-corrected chi connectivity index (χ2v) is 16.3. The van der Waals surface area contributed by atoms with Gasteiger partial charge >= 0.3 is 0 Å². The number of nitrogens with zero attached hydrogens (tertiary/aromatic N) is 3. The third-order valence-electron chi connectivity index (χ3n) is 10.8. The van der Waals surface area contributed by atoms with Crippen molar-refractivity contribution in [2.24, 2.45) is 0 Å². The van der Waals surface area contributed by atoms with Crippen molar-refractivity contribution in [2.45, 2.75) is 116 Å². The predicted molar refractivity (Wildman–Crippen MR) is 215 cm³/mol. The minimum absolute atomic E-state index is 0.205. The molecule has 4 nitrogen and oxygen atoms in total. The van der Waals surface area contributed by atoms with Crippen molar-refractivity contribution < 1.29 is 9.13 Å². The van der Waals surface area contributed by atoms with Crippen LogP contribution in [0.5, 0.6) is 5.75 Å². The van der Waals surface area contributed by atoms with Gasteiger partial charge in [0.05, 0.1) is 23.7 Å². The number of methoxy groups -OCH3 is 1. The molecule has 3 aromatic heterocycles. The number of rotatable bonds is 7. The number of pyridine rings is 3. The lowest BCUT2D eigenvalue weighted by atomic mass is 9.93. The number of aromatic nitrogens is 3. The smallest absolute Gasteiger partial charge is 0.125 e. The predicted octanol–water partition coefficient (Wildman–Crippen LogP) is 13.5. The van der Waals surface area contributed by atoms with Gasteiger partial charge in [-0.3, -0.25) is 15.0 Å². The minimum atomic E-state index is -0.205. The molecule has 0 spiro atoms. The molecule has 52 heavy (non-hydrogen) atoms. The van der Waals surface area contributed by atoms with Crippen molar-refractivity contribution in [3.05, 3.63) is 117 Å². The molecule has 3 aliphatic carbocycles. The second kappa shape index (κ2) is 15.1. The highest BCUT2D eigenvalue weighted by molar-refractivity contribution is 6.31. The fourth-order valence-electron chi connectivity index (χ4n) is 7.61. The van der Waals surface area contributed by atoms with Gasteiger partial charge in [-0.2, -0.15) is 0 Å². The first-order chi connectivity index (χ1) is 25.0. The Hall–Kier alpha value is -4.09. The van der Waals surface area contributed by atoms with Crippen LogP contribution in [0.25, 0.3) is 32.7 Å². The molecule has 0 saturated heterocycles. The minimum Gasteiger partial charge on any atom is -0.497 e. The molecular formula is C46H51ClFN3O. The number of ether oxygens (including phenoxy) is 1. The van der Waals surface area contributed by atoms with Crippen LogP contribution >= 0.6 is 11.6 Å². The normalized spacial score (nSPS) is 15.6. The molecule has 3 fully saturated rings. The number of hydrogen-bond acceptors (Lipinski definition) is 4. The molecule has 6 aromatic rings. The molecule has 3 heterocycles. The van der Waals surface area contributed by atoms with Crippen molar-refractivity contribution in [3.63, 3.8) is 0 Å². The average molecular weight is 716 g/mol. The number of halogens is 2. The zero-order chi connectivity index (χ0) is 36.7. The summed E-state index contributed by atoms with van der Waals surface area (Å²) in [6.45, 7) is 13.4. The molecule has 6 heteroatoms. The van der Waals surface area contributed by atoms with E-state index in [9.17, 15) is 4.39 Å². The second-order valence-electron chi connectivity index (χ2n) is 15.9. The first kappa shape index (κ1) is 36.3. The lowest BCUT2D eigenvalue weighted by Crippen LogP contribution is -1.98. The van der Waals surface area contributed by atoms with Crippen LogP contribution in [0.3, 0.4) is 0 Å². The summed E-state index contributed by atoms with van der Waals surface area (Å²) in [6.07, 6.45) is 13.8. The summed E-state index contributed by atoms with van der Waals surface area (Å²) in [5.74, 6) is 4.41. The maximum atomic E-state index is 13.2. The molecule has 0 unspecified atom stereocenters. The lowest BCUT2D eigenvalue weighted by Gasteiger charge is -2.15. The summed E-state index contributed by atoms with van der Waals surface area (Å²) in [7, 11) is 1.70. The van der Waals surface area contributed by atoms with E-state index in [-0.39, 0.29) is 5.82 Å². The van der Waals surface area contributed by atoms with Crippen molar-refractivity contribution in [3.8, 4) is 5.75 Å². The van der Waals surface area contributed by atoms with E-state index in [1.54, 1.807) is 13.2 Å². The fourth-order valence-corrected chi connectivity index (χ4v) is 7.77. The Morgan fingerprint density at radius 2 is 0.942 bits per heavy atom. The molecular weight excluding hydrogens is 665 g/mol. The van der Waals surface area contributed by atoms with Crippen LogP contribution in [0, 0.1) is 5.82 Å². The zero-order valence-corrected chi connectivity index (χ0v) is 32.4.